The molecule has 2 aromatic carbocycles. The Morgan fingerprint density at radius 3 is 2.76 bits per heavy atom. The average Bonchev–Trinajstić information content (AvgIpc) is 2.83. The molecule has 10 heteroatoms. The first kappa shape index (κ1) is 24.0. The minimum absolute atomic E-state index is 0.117. The van der Waals surface area contributed by atoms with E-state index in [1.165, 1.54) is 10.4 Å². The first-order valence-corrected chi connectivity index (χ1v) is 12.8. The van der Waals surface area contributed by atoms with Crippen LogP contribution in [-0.2, 0) is 26.2 Å². The van der Waals surface area contributed by atoms with Crippen molar-refractivity contribution >= 4 is 27.5 Å². The van der Waals surface area contributed by atoms with Gasteiger partial charge in [0.25, 0.3) is 5.91 Å². The van der Waals surface area contributed by atoms with Gasteiger partial charge in [0.1, 0.15) is 11.5 Å². The van der Waals surface area contributed by atoms with E-state index in [9.17, 15) is 18.0 Å². The number of nitrogens with zero attached hydrogens (tertiary/aromatic N) is 1. The number of aryl methyl sites for hydroxylation is 1. The van der Waals surface area contributed by atoms with Gasteiger partial charge in [0.15, 0.2) is 6.61 Å². The van der Waals surface area contributed by atoms with Crippen LogP contribution in [0.1, 0.15) is 30.9 Å². The summed E-state index contributed by atoms with van der Waals surface area (Å²) in [5.74, 6) is 0.223. The van der Waals surface area contributed by atoms with Gasteiger partial charge < -0.3 is 20.1 Å². The minimum Gasteiger partial charge on any atom is -0.494 e. The lowest BCUT2D eigenvalue weighted by molar-refractivity contribution is -0.126. The van der Waals surface area contributed by atoms with Gasteiger partial charge in [0.05, 0.1) is 23.1 Å². The number of rotatable bonds is 7. The van der Waals surface area contributed by atoms with Crippen LogP contribution in [0.15, 0.2) is 41.3 Å². The molecule has 0 aromatic heterocycles. The predicted octanol–water partition coefficient (Wildman–Crippen LogP) is 2.44. The number of amides is 2. The Morgan fingerprint density at radius 1 is 1.26 bits per heavy atom. The number of hydrogen-bond acceptors (Lipinski definition) is 6. The maximum Gasteiger partial charge on any atom is 0.262 e. The van der Waals surface area contributed by atoms with Crippen molar-refractivity contribution in [2.24, 2.45) is 5.92 Å². The molecule has 9 nitrogen and oxygen atoms in total. The summed E-state index contributed by atoms with van der Waals surface area (Å²) in [4.78, 5) is 24.5. The summed E-state index contributed by atoms with van der Waals surface area (Å²) < 4.78 is 39.1. The fourth-order valence-electron chi connectivity index (χ4n) is 4.21. The molecule has 182 valence electrons. The Morgan fingerprint density at radius 2 is 2.03 bits per heavy atom. The van der Waals surface area contributed by atoms with Gasteiger partial charge in [-0.15, -0.1) is 0 Å². The van der Waals surface area contributed by atoms with Gasteiger partial charge in [0.2, 0.25) is 15.9 Å². The van der Waals surface area contributed by atoms with Gasteiger partial charge in [-0.1, -0.05) is 12.1 Å². The van der Waals surface area contributed by atoms with Crippen molar-refractivity contribution in [1.29, 1.82) is 0 Å². The highest BCUT2D eigenvalue weighted by molar-refractivity contribution is 7.89. The van der Waals surface area contributed by atoms with Crippen molar-refractivity contribution in [3.05, 3.63) is 47.5 Å². The van der Waals surface area contributed by atoms with E-state index in [1.54, 1.807) is 13.0 Å². The molecule has 1 saturated heterocycles. The Kier molecular flexibility index (Phi) is 7.08. The van der Waals surface area contributed by atoms with Crippen LogP contribution in [0.5, 0.6) is 11.5 Å². The van der Waals surface area contributed by atoms with Gasteiger partial charge in [-0.3, -0.25) is 9.59 Å². The van der Waals surface area contributed by atoms with E-state index in [2.05, 4.69) is 10.6 Å². The Labute approximate surface area is 199 Å². The van der Waals surface area contributed by atoms with Crippen LogP contribution in [0, 0.1) is 12.8 Å². The van der Waals surface area contributed by atoms with E-state index >= 15 is 0 Å². The fourth-order valence-corrected chi connectivity index (χ4v) is 5.96. The van der Waals surface area contributed by atoms with Crippen LogP contribution in [0.3, 0.4) is 0 Å². The number of benzene rings is 2. The first-order valence-electron chi connectivity index (χ1n) is 11.3. The van der Waals surface area contributed by atoms with Gasteiger partial charge in [-0.05, 0) is 56.0 Å². The van der Waals surface area contributed by atoms with Crippen molar-refractivity contribution < 1.29 is 27.5 Å². The molecular weight excluding hydrogens is 458 g/mol. The second kappa shape index (κ2) is 10.0. The molecule has 1 fully saturated rings. The molecule has 2 aliphatic rings. The molecule has 0 bridgehead atoms. The first-order chi connectivity index (χ1) is 16.3. The highest BCUT2D eigenvalue weighted by Crippen LogP contribution is 2.35. The molecule has 34 heavy (non-hydrogen) atoms. The summed E-state index contributed by atoms with van der Waals surface area (Å²) in [5, 5.41) is 5.61. The van der Waals surface area contributed by atoms with E-state index < -0.39 is 15.9 Å². The number of nitrogens with one attached hydrogen (secondary N) is 2. The van der Waals surface area contributed by atoms with Crippen LogP contribution < -0.4 is 20.1 Å². The zero-order chi connectivity index (χ0) is 24.3. The van der Waals surface area contributed by atoms with Crippen LogP contribution >= 0.6 is 0 Å². The third-order valence-corrected chi connectivity index (χ3v) is 7.99. The summed E-state index contributed by atoms with van der Waals surface area (Å²) in [6.07, 6.45) is 1.22. The molecule has 2 aromatic rings. The van der Waals surface area contributed by atoms with Crippen molar-refractivity contribution in [3.63, 3.8) is 0 Å². The van der Waals surface area contributed by atoms with E-state index in [4.69, 9.17) is 9.47 Å². The van der Waals surface area contributed by atoms with E-state index in [-0.39, 0.29) is 29.9 Å². The maximum absolute atomic E-state index is 13.4. The second-order valence-corrected chi connectivity index (χ2v) is 10.4. The number of carbonyl (C=O) groups excluding carboxylic acids is 2. The topological polar surface area (TPSA) is 114 Å². The molecule has 0 radical (unpaired) electrons. The number of piperidine rings is 1. The standard InChI is InChI=1S/C24H29N3O6S/c1-3-32-19-8-6-17(7-9-19)13-25-24(29)18-5-4-10-27(14-18)34(30,31)22-12-21-20(11-16(22)2)26-23(28)15-33-21/h6-9,11-12,18H,3-5,10,13-15H2,1-2H3,(H,25,29)(H,26,28)/t18-/m0/s1. The Balaban J connectivity index is 1.42. The lowest BCUT2D eigenvalue weighted by atomic mass is 9.99. The van der Waals surface area contributed by atoms with Crippen LogP contribution in [0.4, 0.5) is 5.69 Å². The lowest BCUT2D eigenvalue weighted by Gasteiger charge is -2.32. The largest absolute Gasteiger partial charge is 0.494 e. The van der Waals surface area contributed by atoms with Gasteiger partial charge in [-0.25, -0.2) is 8.42 Å². The normalized spacial score (nSPS) is 18.4. The number of ether oxygens (including phenoxy) is 2. The zero-order valence-corrected chi connectivity index (χ0v) is 20.1. The van der Waals surface area contributed by atoms with Crippen molar-refractivity contribution in [1.82, 2.24) is 9.62 Å². The molecule has 2 heterocycles. The predicted molar refractivity (Wildman–Crippen MR) is 126 cm³/mol. The Hall–Kier alpha value is -3.11. The molecule has 0 aliphatic carbocycles. The lowest BCUT2D eigenvalue weighted by Crippen LogP contribution is -2.45. The zero-order valence-electron chi connectivity index (χ0n) is 19.3. The fraction of sp³-hybridized carbons (Fsp3) is 0.417. The Bertz CT molecular complexity index is 1180. The van der Waals surface area contributed by atoms with Crippen LogP contribution in [0.25, 0.3) is 0 Å². The van der Waals surface area contributed by atoms with Gasteiger partial charge in [0, 0.05) is 25.7 Å². The summed E-state index contributed by atoms with van der Waals surface area (Å²) in [7, 11) is -3.84. The summed E-state index contributed by atoms with van der Waals surface area (Å²) >= 11 is 0. The van der Waals surface area contributed by atoms with Gasteiger partial charge >= 0.3 is 0 Å². The number of hydrogen-bond donors (Lipinski definition) is 2. The van der Waals surface area contributed by atoms with Crippen LogP contribution in [-0.4, -0.2) is 50.8 Å². The van der Waals surface area contributed by atoms with Crippen molar-refractivity contribution in [2.75, 3.05) is 31.6 Å². The minimum atomic E-state index is -3.84. The second-order valence-electron chi connectivity index (χ2n) is 8.45. The number of anilines is 1. The third kappa shape index (κ3) is 5.18. The maximum atomic E-state index is 13.4. The highest BCUT2D eigenvalue weighted by atomic mass is 32.2. The number of fused-ring (bicyclic) bond motifs is 1. The molecule has 2 N–H and O–H groups in total. The molecule has 2 aliphatic heterocycles. The molecule has 4 rings (SSSR count). The molecule has 0 saturated carbocycles. The summed E-state index contributed by atoms with van der Waals surface area (Å²) in [5.41, 5.74) is 1.90. The molecule has 0 unspecified atom stereocenters. The number of carbonyl (C=O) groups is 2. The molecule has 2 amide bonds. The highest BCUT2D eigenvalue weighted by Gasteiger charge is 2.35. The van der Waals surface area contributed by atoms with Crippen LogP contribution in [0.2, 0.25) is 0 Å². The SMILES string of the molecule is CCOc1ccc(CNC(=O)[C@H]2CCCN(S(=O)(=O)c3cc4c(cc3C)NC(=O)CO4)C2)cc1. The monoisotopic (exact) mass is 487 g/mol. The molecule has 1 atom stereocenters. The van der Waals surface area contributed by atoms with E-state index in [0.29, 0.717) is 49.5 Å². The summed E-state index contributed by atoms with van der Waals surface area (Å²) in [6.45, 7) is 4.86. The van der Waals surface area contributed by atoms with Crippen molar-refractivity contribution in [2.45, 2.75) is 38.1 Å². The smallest absolute Gasteiger partial charge is 0.262 e. The van der Waals surface area contributed by atoms with E-state index in [0.717, 1.165) is 11.3 Å². The third-order valence-electron chi connectivity index (χ3n) is 5.98. The van der Waals surface area contributed by atoms with E-state index in [1.807, 2.05) is 31.2 Å². The molecule has 0 spiro atoms. The van der Waals surface area contributed by atoms with Crippen molar-refractivity contribution in [3.8, 4) is 11.5 Å². The average molecular weight is 488 g/mol. The molecular formula is C24H29N3O6S. The quantitative estimate of drug-likeness (QED) is 0.620. The number of sulfonamides is 1. The van der Waals surface area contributed by atoms with Gasteiger partial charge in [-0.2, -0.15) is 4.31 Å². The summed E-state index contributed by atoms with van der Waals surface area (Å²) in [6, 6.07) is 10.6.